The first kappa shape index (κ1) is 10.5. The second-order valence-corrected chi connectivity index (χ2v) is 5.30. The SMILES string of the molecule is Nc1c(C(=O)O)sc2nc3c(cc12)CCCC3. The average molecular weight is 248 g/mol. The molecule has 4 nitrogen and oxygen atoms in total. The third kappa shape index (κ3) is 1.58. The van der Waals surface area contributed by atoms with Crippen LogP contribution in [-0.2, 0) is 12.8 Å². The Morgan fingerprint density at radius 3 is 2.94 bits per heavy atom. The van der Waals surface area contributed by atoms with Gasteiger partial charge in [0.1, 0.15) is 9.71 Å². The number of pyridine rings is 1. The van der Waals surface area contributed by atoms with Gasteiger partial charge in [0, 0.05) is 11.1 Å². The summed E-state index contributed by atoms with van der Waals surface area (Å²) in [7, 11) is 0. The molecule has 88 valence electrons. The highest BCUT2D eigenvalue weighted by molar-refractivity contribution is 7.21. The number of hydrogen-bond donors (Lipinski definition) is 2. The highest BCUT2D eigenvalue weighted by Crippen LogP contribution is 2.35. The standard InChI is InChI=1S/C12H12N2O2S/c13-9-7-5-6-3-1-2-4-8(6)14-11(7)17-10(9)12(15)16/h5H,1-4,13H2,(H,15,16). The van der Waals surface area contributed by atoms with Gasteiger partial charge in [0.15, 0.2) is 0 Å². The average Bonchev–Trinajstić information content (AvgIpc) is 2.64. The van der Waals surface area contributed by atoms with Gasteiger partial charge < -0.3 is 10.8 Å². The van der Waals surface area contributed by atoms with Crippen molar-refractivity contribution in [3.63, 3.8) is 0 Å². The second kappa shape index (κ2) is 3.70. The fourth-order valence-corrected chi connectivity index (χ4v) is 3.25. The van der Waals surface area contributed by atoms with E-state index in [4.69, 9.17) is 10.8 Å². The maximum atomic E-state index is 11.0. The second-order valence-electron chi connectivity index (χ2n) is 4.30. The molecule has 0 bridgehead atoms. The summed E-state index contributed by atoms with van der Waals surface area (Å²) in [6.07, 6.45) is 4.36. The summed E-state index contributed by atoms with van der Waals surface area (Å²) in [5.74, 6) is -0.969. The van der Waals surface area contributed by atoms with Crippen molar-refractivity contribution >= 4 is 33.2 Å². The molecule has 0 spiro atoms. The Balaban J connectivity index is 2.27. The Morgan fingerprint density at radius 1 is 1.41 bits per heavy atom. The summed E-state index contributed by atoms with van der Waals surface area (Å²) in [4.78, 5) is 16.5. The molecule has 0 radical (unpaired) electrons. The van der Waals surface area contributed by atoms with Crippen molar-refractivity contribution in [1.82, 2.24) is 4.98 Å². The molecule has 2 heterocycles. The van der Waals surface area contributed by atoms with Crippen LogP contribution >= 0.6 is 11.3 Å². The number of carboxylic acids is 1. The molecule has 0 unspecified atom stereocenters. The fraction of sp³-hybridized carbons (Fsp3) is 0.333. The number of fused-ring (bicyclic) bond motifs is 2. The van der Waals surface area contributed by atoms with Crippen LogP contribution in [0, 0.1) is 0 Å². The van der Waals surface area contributed by atoms with Crippen LogP contribution in [0.3, 0.4) is 0 Å². The summed E-state index contributed by atoms with van der Waals surface area (Å²) in [6, 6.07) is 2.02. The number of aromatic carboxylic acids is 1. The van der Waals surface area contributed by atoms with Crippen molar-refractivity contribution in [1.29, 1.82) is 0 Å². The minimum Gasteiger partial charge on any atom is -0.477 e. The smallest absolute Gasteiger partial charge is 0.348 e. The van der Waals surface area contributed by atoms with Crippen molar-refractivity contribution in [2.24, 2.45) is 0 Å². The van der Waals surface area contributed by atoms with E-state index in [-0.39, 0.29) is 4.88 Å². The molecule has 1 aliphatic carbocycles. The molecule has 0 amide bonds. The number of aryl methyl sites for hydroxylation is 2. The highest BCUT2D eigenvalue weighted by Gasteiger charge is 2.19. The van der Waals surface area contributed by atoms with Gasteiger partial charge in [-0.15, -0.1) is 11.3 Å². The lowest BCUT2D eigenvalue weighted by Crippen LogP contribution is -2.04. The molecular formula is C12H12N2O2S. The number of rotatable bonds is 1. The van der Waals surface area contributed by atoms with Crippen molar-refractivity contribution in [2.45, 2.75) is 25.7 Å². The van der Waals surface area contributed by atoms with E-state index in [0.29, 0.717) is 5.69 Å². The van der Waals surface area contributed by atoms with Crippen molar-refractivity contribution in [3.8, 4) is 0 Å². The van der Waals surface area contributed by atoms with Crippen LogP contribution in [0.25, 0.3) is 10.2 Å². The number of nitrogens with zero attached hydrogens (tertiary/aromatic N) is 1. The van der Waals surface area contributed by atoms with E-state index in [1.807, 2.05) is 6.07 Å². The molecule has 5 heteroatoms. The van der Waals surface area contributed by atoms with Crippen molar-refractivity contribution < 1.29 is 9.90 Å². The Labute approximate surface area is 102 Å². The van der Waals surface area contributed by atoms with Gasteiger partial charge in [-0.1, -0.05) is 0 Å². The van der Waals surface area contributed by atoms with Crippen molar-refractivity contribution in [2.75, 3.05) is 5.73 Å². The van der Waals surface area contributed by atoms with Gasteiger partial charge in [-0.25, -0.2) is 9.78 Å². The molecule has 2 aromatic heterocycles. The number of anilines is 1. The van der Waals surface area contributed by atoms with Crippen LogP contribution in [0.5, 0.6) is 0 Å². The minimum atomic E-state index is -0.969. The molecule has 2 aromatic rings. The minimum absolute atomic E-state index is 0.204. The van der Waals surface area contributed by atoms with E-state index >= 15 is 0 Å². The quantitative estimate of drug-likeness (QED) is 0.812. The van der Waals surface area contributed by atoms with Gasteiger partial charge in [-0.2, -0.15) is 0 Å². The number of nitrogens with two attached hydrogens (primary N) is 1. The first-order valence-electron chi connectivity index (χ1n) is 5.61. The Morgan fingerprint density at radius 2 is 2.18 bits per heavy atom. The third-order valence-electron chi connectivity index (χ3n) is 3.19. The predicted molar refractivity (Wildman–Crippen MR) is 67.6 cm³/mol. The molecule has 3 N–H and O–H groups in total. The Kier molecular flexibility index (Phi) is 2.29. The molecular weight excluding hydrogens is 236 g/mol. The van der Waals surface area contributed by atoms with Crippen LogP contribution in [0.1, 0.15) is 33.8 Å². The third-order valence-corrected chi connectivity index (χ3v) is 4.30. The van der Waals surface area contributed by atoms with Gasteiger partial charge in [-0.05, 0) is 37.3 Å². The fourth-order valence-electron chi connectivity index (χ4n) is 2.32. The molecule has 17 heavy (non-hydrogen) atoms. The van der Waals surface area contributed by atoms with E-state index in [9.17, 15) is 4.79 Å². The van der Waals surface area contributed by atoms with E-state index in [0.717, 1.165) is 35.2 Å². The van der Waals surface area contributed by atoms with Gasteiger partial charge in [0.05, 0.1) is 5.69 Å². The molecule has 0 fully saturated rings. The normalized spacial score (nSPS) is 14.8. The lowest BCUT2D eigenvalue weighted by molar-refractivity contribution is 0.0703. The molecule has 0 atom stereocenters. The summed E-state index contributed by atoms with van der Waals surface area (Å²) < 4.78 is 0. The van der Waals surface area contributed by atoms with E-state index in [1.54, 1.807) is 0 Å². The molecule has 0 aliphatic heterocycles. The van der Waals surface area contributed by atoms with Crippen LogP contribution in [0.4, 0.5) is 5.69 Å². The number of aromatic nitrogens is 1. The first-order chi connectivity index (χ1) is 8.16. The maximum Gasteiger partial charge on any atom is 0.348 e. The zero-order chi connectivity index (χ0) is 12.0. The van der Waals surface area contributed by atoms with E-state index in [1.165, 1.54) is 23.3 Å². The number of carbonyl (C=O) groups is 1. The van der Waals surface area contributed by atoms with E-state index < -0.39 is 5.97 Å². The summed E-state index contributed by atoms with van der Waals surface area (Å²) in [6.45, 7) is 0. The first-order valence-corrected chi connectivity index (χ1v) is 6.42. The summed E-state index contributed by atoms with van der Waals surface area (Å²) in [5.41, 5.74) is 8.56. The summed E-state index contributed by atoms with van der Waals surface area (Å²) in [5, 5.41) is 9.83. The Hall–Kier alpha value is -1.62. The zero-order valence-electron chi connectivity index (χ0n) is 9.19. The zero-order valence-corrected chi connectivity index (χ0v) is 10.0. The Bertz CT molecular complexity index is 618. The number of hydrogen-bond acceptors (Lipinski definition) is 4. The summed E-state index contributed by atoms with van der Waals surface area (Å²) >= 11 is 1.17. The van der Waals surface area contributed by atoms with Crippen LogP contribution in [-0.4, -0.2) is 16.1 Å². The van der Waals surface area contributed by atoms with Gasteiger partial charge in [0.2, 0.25) is 0 Å². The lowest BCUT2D eigenvalue weighted by atomic mass is 9.95. The van der Waals surface area contributed by atoms with Gasteiger partial charge >= 0.3 is 5.97 Å². The molecule has 3 rings (SSSR count). The van der Waals surface area contributed by atoms with E-state index in [2.05, 4.69) is 4.98 Å². The monoisotopic (exact) mass is 248 g/mol. The molecule has 0 saturated heterocycles. The number of carboxylic acid groups (broad SMARTS) is 1. The number of nitrogen functional groups attached to an aromatic ring is 1. The number of thiophene rings is 1. The lowest BCUT2D eigenvalue weighted by Gasteiger charge is -2.14. The molecule has 0 aromatic carbocycles. The predicted octanol–water partition coefficient (Wildman–Crippen LogP) is 2.46. The topological polar surface area (TPSA) is 76.2 Å². The van der Waals surface area contributed by atoms with Gasteiger partial charge in [0.25, 0.3) is 0 Å². The van der Waals surface area contributed by atoms with Gasteiger partial charge in [-0.3, -0.25) is 0 Å². The van der Waals surface area contributed by atoms with Crippen molar-refractivity contribution in [3.05, 3.63) is 22.2 Å². The van der Waals surface area contributed by atoms with Crippen LogP contribution in [0.2, 0.25) is 0 Å². The molecule has 1 aliphatic rings. The van der Waals surface area contributed by atoms with Crippen LogP contribution in [0.15, 0.2) is 6.07 Å². The van der Waals surface area contributed by atoms with Crippen LogP contribution < -0.4 is 5.73 Å². The largest absolute Gasteiger partial charge is 0.477 e. The molecule has 0 saturated carbocycles. The highest BCUT2D eigenvalue weighted by atomic mass is 32.1. The maximum absolute atomic E-state index is 11.0.